The highest BCUT2D eigenvalue weighted by atomic mass is 35.5. The molecule has 110 valence electrons. The van der Waals surface area contributed by atoms with Gasteiger partial charge in [0.1, 0.15) is 0 Å². The molecule has 0 amide bonds. The number of nitrogens with zero attached hydrogens (tertiary/aromatic N) is 1. The number of benzene rings is 1. The molecule has 0 saturated carbocycles. The Morgan fingerprint density at radius 3 is 2.71 bits per heavy atom. The highest BCUT2D eigenvalue weighted by molar-refractivity contribution is 6.32. The highest BCUT2D eigenvalue weighted by Crippen LogP contribution is 2.36. The first-order valence-electron chi connectivity index (χ1n) is 6.20. The normalized spacial score (nSPS) is 10.2. The molecule has 6 heteroatoms. The van der Waals surface area contributed by atoms with Gasteiger partial charge in [0.2, 0.25) is 0 Å². The van der Waals surface area contributed by atoms with E-state index in [4.69, 9.17) is 26.8 Å². The molecule has 0 saturated heterocycles. The van der Waals surface area contributed by atoms with Crippen LogP contribution in [-0.2, 0) is 6.42 Å². The van der Waals surface area contributed by atoms with Gasteiger partial charge in [-0.3, -0.25) is 9.78 Å². The Balaban J connectivity index is 2.32. The Morgan fingerprint density at radius 2 is 2.10 bits per heavy atom. The van der Waals surface area contributed by atoms with Crippen molar-refractivity contribution in [2.45, 2.75) is 6.42 Å². The van der Waals surface area contributed by atoms with Crippen molar-refractivity contribution in [3.8, 4) is 11.5 Å². The molecule has 1 aromatic carbocycles. The van der Waals surface area contributed by atoms with E-state index in [1.165, 1.54) is 14.2 Å². The molecule has 2 rings (SSSR count). The van der Waals surface area contributed by atoms with E-state index < -0.39 is 0 Å². The third kappa shape index (κ3) is 3.25. The van der Waals surface area contributed by atoms with Crippen molar-refractivity contribution in [2.24, 2.45) is 0 Å². The van der Waals surface area contributed by atoms with E-state index in [1.807, 2.05) is 0 Å². The van der Waals surface area contributed by atoms with Crippen molar-refractivity contribution in [1.29, 1.82) is 0 Å². The number of nitrogens with two attached hydrogens (primary N) is 1. The Bertz CT molecular complexity index is 674. The van der Waals surface area contributed by atoms with Gasteiger partial charge >= 0.3 is 0 Å². The van der Waals surface area contributed by atoms with Crippen LogP contribution in [0.15, 0.2) is 30.6 Å². The van der Waals surface area contributed by atoms with E-state index in [0.29, 0.717) is 33.3 Å². The molecule has 0 fully saturated rings. The van der Waals surface area contributed by atoms with E-state index >= 15 is 0 Å². The molecule has 0 radical (unpaired) electrons. The maximum Gasteiger partial charge on any atom is 0.179 e. The minimum absolute atomic E-state index is 0.127. The average Bonchev–Trinajstić information content (AvgIpc) is 2.48. The minimum atomic E-state index is -0.127. The minimum Gasteiger partial charge on any atom is -0.493 e. The molecule has 0 unspecified atom stereocenters. The number of Topliss-reactive ketones (excluding diaryl/α,β-unsaturated/α-hetero) is 1. The predicted octanol–water partition coefficient (Wildman–Crippen LogP) is 2.76. The number of methoxy groups -OCH3 is 2. The fraction of sp³-hybridized carbons (Fsp3) is 0.200. The maximum atomic E-state index is 12.3. The molecule has 2 N–H and O–H groups in total. The zero-order valence-corrected chi connectivity index (χ0v) is 12.5. The molecule has 0 aliphatic heterocycles. The number of anilines is 1. The van der Waals surface area contributed by atoms with Crippen LogP contribution in [0.3, 0.4) is 0 Å². The van der Waals surface area contributed by atoms with Gasteiger partial charge in [-0.05, 0) is 18.2 Å². The quantitative estimate of drug-likeness (QED) is 0.860. The molecule has 2 aromatic rings. The number of ketones is 1. The van der Waals surface area contributed by atoms with Crippen LogP contribution in [0, 0.1) is 0 Å². The third-order valence-corrected chi connectivity index (χ3v) is 3.33. The van der Waals surface area contributed by atoms with Crippen molar-refractivity contribution in [3.05, 3.63) is 46.7 Å². The van der Waals surface area contributed by atoms with Gasteiger partial charge in [-0.2, -0.15) is 0 Å². The van der Waals surface area contributed by atoms with Crippen LogP contribution in [-0.4, -0.2) is 25.0 Å². The maximum absolute atomic E-state index is 12.3. The van der Waals surface area contributed by atoms with Crippen molar-refractivity contribution in [2.75, 3.05) is 20.0 Å². The Hall–Kier alpha value is -2.27. The van der Waals surface area contributed by atoms with E-state index in [0.717, 1.165) is 0 Å². The number of aromatic nitrogens is 1. The van der Waals surface area contributed by atoms with Gasteiger partial charge in [0.05, 0.1) is 19.2 Å². The van der Waals surface area contributed by atoms with Gasteiger partial charge in [-0.15, -0.1) is 0 Å². The lowest BCUT2D eigenvalue weighted by Gasteiger charge is -2.11. The fourth-order valence-corrected chi connectivity index (χ4v) is 2.23. The largest absolute Gasteiger partial charge is 0.493 e. The van der Waals surface area contributed by atoms with Crippen LogP contribution in [0.2, 0.25) is 5.02 Å². The zero-order chi connectivity index (χ0) is 15.4. The van der Waals surface area contributed by atoms with E-state index in [-0.39, 0.29) is 12.2 Å². The van der Waals surface area contributed by atoms with E-state index in [1.54, 1.807) is 30.6 Å². The first-order valence-corrected chi connectivity index (χ1v) is 6.57. The highest BCUT2D eigenvalue weighted by Gasteiger charge is 2.16. The molecular formula is C15H15ClN2O3. The second kappa shape index (κ2) is 6.45. The van der Waals surface area contributed by atoms with Crippen molar-refractivity contribution >= 4 is 23.1 Å². The molecule has 21 heavy (non-hydrogen) atoms. The van der Waals surface area contributed by atoms with Crippen molar-refractivity contribution in [3.63, 3.8) is 0 Å². The van der Waals surface area contributed by atoms with Crippen LogP contribution < -0.4 is 15.2 Å². The van der Waals surface area contributed by atoms with Gasteiger partial charge < -0.3 is 15.2 Å². The zero-order valence-electron chi connectivity index (χ0n) is 11.7. The molecule has 1 aromatic heterocycles. The number of carbonyl (C=O) groups is 1. The lowest BCUT2D eigenvalue weighted by atomic mass is 10.0. The molecule has 0 aliphatic rings. The Morgan fingerprint density at radius 1 is 1.33 bits per heavy atom. The second-order valence-corrected chi connectivity index (χ2v) is 4.78. The molecule has 0 aliphatic carbocycles. The van der Waals surface area contributed by atoms with Gasteiger partial charge in [0.25, 0.3) is 0 Å². The van der Waals surface area contributed by atoms with Crippen LogP contribution in [0.5, 0.6) is 11.5 Å². The first-order chi connectivity index (χ1) is 10.1. The third-order valence-electron chi connectivity index (χ3n) is 3.05. The summed E-state index contributed by atoms with van der Waals surface area (Å²) in [7, 11) is 2.98. The van der Waals surface area contributed by atoms with Crippen LogP contribution in [0.25, 0.3) is 0 Å². The molecule has 0 bridgehead atoms. The summed E-state index contributed by atoms with van der Waals surface area (Å²) in [4.78, 5) is 16.3. The Labute approximate surface area is 127 Å². The number of nitrogen functional groups attached to an aromatic ring is 1. The van der Waals surface area contributed by atoms with Gasteiger partial charge in [0.15, 0.2) is 17.3 Å². The molecule has 1 heterocycles. The lowest BCUT2D eigenvalue weighted by molar-refractivity contribution is 0.0992. The fourth-order valence-electron chi connectivity index (χ4n) is 1.94. The number of ether oxygens (including phenoxy) is 2. The molecule has 0 atom stereocenters. The average molecular weight is 307 g/mol. The number of hydrogen-bond donors (Lipinski definition) is 1. The van der Waals surface area contributed by atoms with E-state index in [9.17, 15) is 4.79 Å². The summed E-state index contributed by atoms with van der Waals surface area (Å²) in [6.07, 6.45) is 3.30. The summed E-state index contributed by atoms with van der Waals surface area (Å²) in [6.45, 7) is 0. The SMILES string of the molecule is COc1cc(C(=O)Cc2cnccc2N)cc(Cl)c1OC. The van der Waals surface area contributed by atoms with Gasteiger partial charge in [-0.25, -0.2) is 0 Å². The first kappa shape index (κ1) is 15.1. The molecular weight excluding hydrogens is 292 g/mol. The topological polar surface area (TPSA) is 74.4 Å². The van der Waals surface area contributed by atoms with Gasteiger partial charge in [0, 0.05) is 35.6 Å². The summed E-state index contributed by atoms with van der Waals surface area (Å²) < 4.78 is 10.3. The number of hydrogen-bond acceptors (Lipinski definition) is 5. The standard InChI is InChI=1S/C15H15ClN2O3/c1-20-14-7-9(5-11(16)15(14)21-2)13(19)6-10-8-18-4-3-12(10)17/h3-5,7-8H,6H2,1-2H3,(H2,17,18). The van der Waals surface area contributed by atoms with Crippen LogP contribution in [0.1, 0.15) is 15.9 Å². The van der Waals surface area contributed by atoms with Crippen molar-refractivity contribution in [1.82, 2.24) is 4.98 Å². The number of rotatable bonds is 5. The monoisotopic (exact) mass is 306 g/mol. The smallest absolute Gasteiger partial charge is 0.179 e. The lowest BCUT2D eigenvalue weighted by Crippen LogP contribution is -2.07. The van der Waals surface area contributed by atoms with Crippen molar-refractivity contribution < 1.29 is 14.3 Å². The van der Waals surface area contributed by atoms with E-state index in [2.05, 4.69) is 4.98 Å². The van der Waals surface area contributed by atoms with Crippen LogP contribution >= 0.6 is 11.6 Å². The second-order valence-electron chi connectivity index (χ2n) is 4.37. The number of pyridine rings is 1. The van der Waals surface area contributed by atoms with Crippen LogP contribution in [0.4, 0.5) is 5.69 Å². The molecule has 5 nitrogen and oxygen atoms in total. The summed E-state index contributed by atoms with van der Waals surface area (Å²) in [5, 5.41) is 0.319. The Kier molecular flexibility index (Phi) is 4.65. The summed E-state index contributed by atoms with van der Waals surface area (Å²) in [5.74, 6) is 0.682. The predicted molar refractivity (Wildman–Crippen MR) is 81.2 cm³/mol. The number of halogens is 1. The molecule has 0 spiro atoms. The summed E-state index contributed by atoms with van der Waals surface area (Å²) in [6, 6.07) is 4.81. The van der Waals surface area contributed by atoms with Gasteiger partial charge in [-0.1, -0.05) is 11.6 Å². The summed E-state index contributed by atoms with van der Waals surface area (Å²) in [5.41, 5.74) is 7.45. The number of carbonyl (C=O) groups excluding carboxylic acids is 1. The summed E-state index contributed by atoms with van der Waals surface area (Å²) >= 11 is 6.10.